The first-order valence-electron chi connectivity index (χ1n) is 14.9. The Balaban J connectivity index is 1.80. The molecule has 4 aromatic rings. The van der Waals surface area contributed by atoms with Crippen LogP contribution in [0.4, 0.5) is 39.5 Å². The van der Waals surface area contributed by atoms with Crippen LogP contribution in [0.2, 0.25) is 10.0 Å². The minimum atomic E-state index is -6.44. The molecule has 3 N–H and O–H groups in total. The van der Waals surface area contributed by atoms with Crippen molar-refractivity contribution in [2.24, 2.45) is 0 Å². The van der Waals surface area contributed by atoms with Gasteiger partial charge in [-0.1, -0.05) is 47.5 Å². The van der Waals surface area contributed by atoms with Crippen molar-refractivity contribution in [3.63, 3.8) is 0 Å². The van der Waals surface area contributed by atoms with E-state index in [-0.39, 0.29) is 32.4 Å². The van der Waals surface area contributed by atoms with Crippen molar-refractivity contribution in [2.75, 3.05) is 0 Å². The van der Waals surface area contributed by atoms with E-state index in [1.165, 1.54) is 44.2 Å². The molecule has 0 bridgehead atoms. The summed E-state index contributed by atoms with van der Waals surface area (Å²) in [6, 6.07) is 10.4. The molecule has 0 saturated heterocycles. The molecule has 278 valence electrons. The van der Waals surface area contributed by atoms with Gasteiger partial charge in [0.05, 0.1) is 22.3 Å². The third kappa shape index (κ3) is 7.69. The molecule has 7 nitrogen and oxygen atoms in total. The number of amides is 1. The summed E-state index contributed by atoms with van der Waals surface area (Å²) >= 11 is 12.5. The lowest BCUT2D eigenvalue weighted by molar-refractivity contribution is -0.377. The van der Waals surface area contributed by atoms with Crippen LogP contribution in [0.15, 0.2) is 72.8 Å². The number of carbonyl (C=O) groups excluding carboxylic acids is 1. The number of rotatable bonds is 7. The summed E-state index contributed by atoms with van der Waals surface area (Å²) in [7, 11) is 0. The molecule has 18 heteroatoms. The van der Waals surface area contributed by atoms with Gasteiger partial charge >= 0.3 is 18.7 Å². The number of fused-ring (bicyclic) bond motifs is 1. The SMILES string of the molecule is CC1(C)C[C@@H](C(NC(=O)c2ccccc2O)C(O)(C(F)(F)F)C(F)(F)F)c2cc(-c3ccc(OC(F)(F)F)cc3)c(-c3ccc(Cl)cc3Cl)nc2O1. The molecular formula is C34H25Cl2F9N2O5. The number of benzene rings is 3. The minimum absolute atomic E-state index is 0.0128. The number of phenols is 1. The number of pyridine rings is 1. The lowest BCUT2D eigenvalue weighted by Crippen LogP contribution is -2.70. The Morgan fingerprint density at radius 2 is 1.54 bits per heavy atom. The summed E-state index contributed by atoms with van der Waals surface area (Å²) in [5.41, 5.74) is -8.28. The molecule has 3 aromatic carbocycles. The van der Waals surface area contributed by atoms with Gasteiger partial charge in [0.15, 0.2) is 0 Å². The maximum atomic E-state index is 14.6. The molecule has 2 heterocycles. The van der Waals surface area contributed by atoms with Crippen LogP contribution in [-0.4, -0.2) is 57.1 Å². The van der Waals surface area contributed by atoms with E-state index >= 15 is 0 Å². The second-order valence-electron chi connectivity index (χ2n) is 12.4. The fourth-order valence-corrected chi connectivity index (χ4v) is 6.43. The van der Waals surface area contributed by atoms with Crippen molar-refractivity contribution in [2.45, 2.75) is 62.1 Å². The van der Waals surface area contributed by atoms with Crippen molar-refractivity contribution in [3.8, 4) is 39.8 Å². The minimum Gasteiger partial charge on any atom is -0.507 e. The number of nitrogens with one attached hydrogen (secondary N) is 1. The van der Waals surface area contributed by atoms with Crippen molar-refractivity contribution in [1.29, 1.82) is 0 Å². The molecular weight excluding hydrogens is 758 g/mol. The summed E-state index contributed by atoms with van der Waals surface area (Å²) in [6.07, 6.45) is -18.6. The zero-order valence-electron chi connectivity index (χ0n) is 26.5. The lowest BCUT2D eigenvalue weighted by atomic mass is 9.73. The Kier molecular flexibility index (Phi) is 10.1. The van der Waals surface area contributed by atoms with Crippen LogP contribution in [0.3, 0.4) is 0 Å². The van der Waals surface area contributed by atoms with Crippen LogP contribution < -0.4 is 14.8 Å². The fourth-order valence-electron chi connectivity index (χ4n) is 5.94. The van der Waals surface area contributed by atoms with E-state index < -0.39 is 82.7 Å². The number of halogens is 11. The predicted octanol–water partition coefficient (Wildman–Crippen LogP) is 9.63. The quantitative estimate of drug-likeness (QED) is 0.162. The first kappa shape index (κ1) is 38.8. The van der Waals surface area contributed by atoms with Crippen molar-refractivity contribution >= 4 is 29.1 Å². The smallest absolute Gasteiger partial charge is 0.507 e. The van der Waals surface area contributed by atoms with Crippen LogP contribution in [-0.2, 0) is 0 Å². The molecule has 1 unspecified atom stereocenters. The predicted molar refractivity (Wildman–Crippen MR) is 170 cm³/mol. The second kappa shape index (κ2) is 13.5. The Labute approximate surface area is 298 Å². The van der Waals surface area contributed by atoms with E-state index in [9.17, 15) is 54.5 Å². The average Bonchev–Trinajstić information content (AvgIpc) is 3.01. The lowest BCUT2D eigenvalue weighted by Gasteiger charge is -2.46. The van der Waals surface area contributed by atoms with E-state index in [1.54, 1.807) is 5.32 Å². The number of aromatic hydroxyl groups is 1. The first-order chi connectivity index (χ1) is 23.9. The third-order valence-corrected chi connectivity index (χ3v) is 8.78. The van der Waals surface area contributed by atoms with Gasteiger partial charge in [0.1, 0.15) is 17.1 Å². The third-order valence-electron chi connectivity index (χ3n) is 8.24. The topological polar surface area (TPSA) is 101 Å². The van der Waals surface area contributed by atoms with Crippen LogP contribution in [0.1, 0.15) is 42.1 Å². The summed E-state index contributed by atoms with van der Waals surface area (Å²) in [6.45, 7) is 2.66. The van der Waals surface area contributed by atoms with Crippen LogP contribution >= 0.6 is 23.2 Å². The largest absolute Gasteiger partial charge is 0.573 e. The number of hydrogen-bond acceptors (Lipinski definition) is 6. The number of nitrogens with zero attached hydrogens (tertiary/aromatic N) is 1. The molecule has 1 aliphatic rings. The number of para-hydroxylation sites is 1. The Bertz CT molecular complexity index is 1970. The molecule has 52 heavy (non-hydrogen) atoms. The van der Waals surface area contributed by atoms with E-state index in [0.29, 0.717) is 0 Å². The van der Waals surface area contributed by atoms with Crippen molar-refractivity contribution in [3.05, 3.63) is 94.0 Å². The van der Waals surface area contributed by atoms with Gasteiger partial charge < -0.3 is 25.0 Å². The highest BCUT2D eigenvalue weighted by molar-refractivity contribution is 6.36. The van der Waals surface area contributed by atoms with Gasteiger partial charge in [0.2, 0.25) is 5.88 Å². The summed E-state index contributed by atoms with van der Waals surface area (Å²) in [4.78, 5) is 17.8. The van der Waals surface area contributed by atoms with Crippen LogP contribution in [0, 0.1) is 0 Å². The van der Waals surface area contributed by atoms with Gasteiger partial charge in [-0.3, -0.25) is 4.79 Å². The second-order valence-corrected chi connectivity index (χ2v) is 13.2. The summed E-state index contributed by atoms with van der Waals surface area (Å²) < 4.78 is 136. The van der Waals surface area contributed by atoms with Gasteiger partial charge in [-0.05, 0) is 74.4 Å². The molecule has 1 aliphatic heterocycles. The monoisotopic (exact) mass is 782 g/mol. The van der Waals surface area contributed by atoms with Gasteiger partial charge in [0, 0.05) is 27.6 Å². The van der Waals surface area contributed by atoms with E-state index in [1.807, 2.05) is 0 Å². The molecule has 1 aromatic heterocycles. The van der Waals surface area contributed by atoms with Gasteiger partial charge in [0.25, 0.3) is 11.5 Å². The van der Waals surface area contributed by atoms with Crippen molar-refractivity contribution in [1.82, 2.24) is 10.3 Å². The van der Waals surface area contributed by atoms with Gasteiger partial charge in [-0.15, -0.1) is 13.2 Å². The van der Waals surface area contributed by atoms with E-state index in [2.05, 4.69) is 9.72 Å². The maximum absolute atomic E-state index is 14.6. The van der Waals surface area contributed by atoms with Crippen LogP contribution in [0.25, 0.3) is 22.4 Å². The molecule has 0 radical (unpaired) electrons. The summed E-state index contributed by atoms with van der Waals surface area (Å²) in [5.74, 6) is -5.59. The zero-order valence-corrected chi connectivity index (χ0v) is 28.0. The number of hydrogen-bond donors (Lipinski definition) is 3. The number of alkyl halides is 9. The number of phenolic OH excluding ortho intramolecular Hbond substituents is 1. The highest BCUT2D eigenvalue weighted by Crippen LogP contribution is 2.54. The fraction of sp³-hybridized carbons (Fsp3) is 0.294. The molecule has 1 amide bonds. The average molecular weight is 783 g/mol. The normalized spacial score (nSPS) is 16.8. The molecule has 0 aliphatic carbocycles. The Morgan fingerprint density at radius 3 is 2.10 bits per heavy atom. The number of aromatic nitrogens is 1. The molecule has 0 saturated carbocycles. The van der Waals surface area contributed by atoms with Crippen LogP contribution in [0.5, 0.6) is 17.4 Å². The Hall–Kier alpha value is -4.41. The van der Waals surface area contributed by atoms with E-state index in [0.717, 1.165) is 42.5 Å². The molecule has 0 fully saturated rings. The maximum Gasteiger partial charge on any atom is 0.573 e. The highest BCUT2D eigenvalue weighted by Gasteiger charge is 2.76. The molecule has 2 atom stereocenters. The molecule has 5 rings (SSSR count). The van der Waals surface area contributed by atoms with E-state index in [4.69, 9.17) is 27.9 Å². The van der Waals surface area contributed by atoms with Crippen molar-refractivity contribution < 1.29 is 64.0 Å². The zero-order chi connectivity index (χ0) is 38.6. The van der Waals surface area contributed by atoms with Gasteiger partial charge in [-0.25, -0.2) is 4.98 Å². The number of aliphatic hydroxyl groups is 1. The number of carbonyl (C=O) groups is 1. The number of ether oxygens (including phenoxy) is 2. The standard InChI is InChI=1S/C34H25Cl2F9N2O5/c1-30(2)15-23(27(31(50,32(37,38)39)33(40,41)42)47-28(49)20-5-3-4-6-25(20)48)22-14-21(16-7-10-18(11-8-16)51-34(43,44)45)26(46-29(22)52-30)19-12-9-17(35)13-24(19)36/h3-14,23,27,48,50H,15H2,1-2H3,(H,47,49)/t23-,27?/m1/s1. The molecule has 0 spiro atoms. The first-order valence-corrected chi connectivity index (χ1v) is 15.7. The van der Waals surface area contributed by atoms with Gasteiger partial charge in [-0.2, -0.15) is 26.3 Å². The summed E-state index contributed by atoms with van der Waals surface area (Å²) in [5, 5.41) is 22.9. The Morgan fingerprint density at radius 1 is 0.923 bits per heavy atom. The highest BCUT2D eigenvalue weighted by atomic mass is 35.5.